The van der Waals surface area contributed by atoms with Crippen LogP contribution in [0.1, 0.15) is 37.9 Å². The van der Waals surface area contributed by atoms with Crippen LogP contribution in [-0.4, -0.2) is 24.6 Å². The van der Waals surface area contributed by atoms with E-state index in [1.165, 1.54) is 30.6 Å². The van der Waals surface area contributed by atoms with Gasteiger partial charge in [0.15, 0.2) is 0 Å². The molecule has 2 rings (SSSR count). The van der Waals surface area contributed by atoms with Crippen LogP contribution < -0.4 is 10.2 Å². The standard InChI is InChI=1S/C15H25N3/c1-11(2)14-6-5-7-18(14)15-8-12(3)17-10-13(15)9-16-4/h8,10-11,14,16H,5-7,9H2,1-4H3. The molecule has 100 valence electrons. The number of aromatic nitrogens is 1. The highest BCUT2D eigenvalue weighted by Crippen LogP contribution is 2.32. The second kappa shape index (κ2) is 5.70. The minimum Gasteiger partial charge on any atom is -0.368 e. The maximum atomic E-state index is 4.43. The molecule has 3 heteroatoms. The van der Waals surface area contributed by atoms with Gasteiger partial charge in [-0.15, -0.1) is 0 Å². The first kappa shape index (κ1) is 13.3. The van der Waals surface area contributed by atoms with E-state index in [0.29, 0.717) is 12.0 Å². The van der Waals surface area contributed by atoms with Crippen molar-refractivity contribution in [2.24, 2.45) is 5.92 Å². The van der Waals surface area contributed by atoms with Crippen LogP contribution in [0, 0.1) is 12.8 Å². The predicted octanol–water partition coefficient (Wildman–Crippen LogP) is 2.73. The molecule has 0 aliphatic carbocycles. The van der Waals surface area contributed by atoms with Crippen LogP contribution in [0.5, 0.6) is 0 Å². The first-order chi connectivity index (χ1) is 8.63. The maximum Gasteiger partial charge on any atom is 0.0448 e. The molecule has 1 unspecified atom stereocenters. The fourth-order valence-corrected chi connectivity index (χ4v) is 2.95. The van der Waals surface area contributed by atoms with Gasteiger partial charge in [-0.3, -0.25) is 4.98 Å². The molecule has 0 aromatic carbocycles. The molecule has 0 amide bonds. The number of hydrogen-bond acceptors (Lipinski definition) is 3. The zero-order valence-corrected chi connectivity index (χ0v) is 12.0. The van der Waals surface area contributed by atoms with Crippen molar-refractivity contribution < 1.29 is 0 Å². The molecule has 0 spiro atoms. The largest absolute Gasteiger partial charge is 0.368 e. The Morgan fingerprint density at radius 2 is 2.28 bits per heavy atom. The molecule has 1 aromatic heterocycles. The molecule has 0 saturated carbocycles. The third-order valence-electron chi connectivity index (χ3n) is 3.84. The van der Waals surface area contributed by atoms with Crippen molar-refractivity contribution in [2.45, 2.75) is 46.2 Å². The highest BCUT2D eigenvalue weighted by Gasteiger charge is 2.28. The molecule has 1 aliphatic heterocycles. The molecule has 1 fully saturated rings. The summed E-state index contributed by atoms with van der Waals surface area (Å²) in [5, 5.41) is 3.24. The van der Waals surface area contributed by atoms with E-state index in [9.17, 15) is 0 Å². The summed E-state index contributed by atoms with van der Waals surface area (Å²) in [5.41, 5.74) is 3.81. The average molecular weight is 247 g/mol. The summed E-state index contributed by atoms with van der Waals surface area (Å²) in [5.74, 6) is 0.711. The zero-order valence-electron chi connectivity index (χ0n) is 12.0. The van der Waals surface area contributed by atoms with Crippen LogP contribution in [0.3, 0.4) is 0 Å². The molecule has 1 aromatic rings. The summed E-state index contributed by atoms with van der Waals surface area (Å²) in [4.78, 5) is 7.02. The Kier molecular flexibility index (Phi) is 4.23. The van der Waals surface area contributed by atoms with E-state index in [-0.39, 0.29) is 0 Å². The average Bonchev–Trinajstić information content (AvgIpc) is 2.80. The topological polar surface area (TPSA) is 28.2 Å². The summed E-state index contributed by atoms with van der Waals surface area (Å²) in [6, 6.07) is 2.93. The zero-order chi connectivity index (χ0) is 13.1. The van der Waals surface area contributed by atoms with Crippen molar-refractivity contribution >= 4 is 5.69 Å². The second-order valence-electron chi connectivity index (χ2n) is 5.63. The van der Waals surface area contributed by atoms with Gasteiger partial charge in [0.25, 0.3) is 0 Å². The first-order valence-corrected chi connectivity index (χ1v) is 7.00. The van der Waals surface area contributed by atoms with Crippen LogP contribution in [-0.2, 0) is 6.54 Å². The van der Waals surface area contributed by atoms with Crippen molar-refractivity contribution in [2.75, 3.05) is 18.5 Å². The number of pyridine rings is 1. The molecule has 1 aliphatic rings. The lowest BCUT2D eigenvalue weighted by atomic mass is 10.0. The van der Waals surface area contributed by atoms with E-state index in [1.54, 1.807) is 0 Å². The molecule has 0 radical (unpaired) electrons. The molecule has 1 atom stereocenters. The van der Waals surface area contributed by atoms with E-state index in [0.717, 1.165) is 12.2 Å². The molecule has 0 bridgehead atoms. The van der Waals surface area contributed by atoms with Crippen molar-refractivity contribution in [3.63, 3.8) is 0 Å². The van der Waals surface area contributed by atoms with Crippen LogP contribution >= 0.6 is 0 Å². The number of nitrogens with one attached hydrogen (secondary N) is 1. The van der Waals surface area contributed by atoms with Gasteiger partial charge in [-0.2, -0.15) is 0 Å². The molecule has 1 N–H and O–H groups in total. The van der Waals surface area contributed by atoms with Gasteiger partial charge in [-0.05, 0) is 38.8 Å². The highest BCUT2D eigenvalue weighted by atomic mass is 15.2. The van der Waals surface area contributed by atoms with Gasteiger partial charge in [-0.1, -0.05) is 13.8 Å². The summed E-state index contributed by atoms with van der Waals surface area (Å²) in [6.45, 7) is 8.81. The van der Waals surface area contributed by atoms with E-state index in [2.05, 4.69) is 42.0 Å². The van der Waals surface area contributed by atoms with Crippen molar-refractivity contribution in [3.05, 3.63) is 23.5 Å². The Labute approximate surface area is 111 Å². The lowest BCUT2D eigenvalue weighted by Gasteiger charge is -2.31. The SMILES string of the molecule is CNCc1cnc(C)cc1N1CCCC1C(C)C. The summed E-state index contributed by atoms with van der Waals surface area (Å²) in [7, 11) is 1.99. The fourth-order valence-electron chi connectivity index (χ4n) is 2.95. The predicted molar refractivity (Wildman–Crippen MR) is 76.9 cm³/mol. The Morgan fingerprint density at radius 3 is 2.94 bits per heavy atom. The summed E-state index contributed by atoms with van der Waals surface area (Å²) < 4.78 is 0. The number of rotatable bonds is 4. The number of anilines is 1. The molecule has 18 heavy (non-hydrogen) atoms. The normalized spacial score (nSPS) is 19.8. The minimum absolute atomic E-state index is 0.683. The van der Waals surface area contributed by atoms with Gasteiger partial charge in [-0.25, -0.2) is 0 Å². The first-order valence-electron chi connectivity index (χ1n) is 7.00. The number of hydrogen-bond donors (Lipinski definition) is 1. The summed E-state index contributed by atoms with van der Waals surface area (Å²) in [6.07, 6.45) is 4.65. The Bertz CT molecular complexity index is 401. The molecule has 1 saturated heterocycles. The van der Waals surface area contributed by atoms with Crippen LogP contribution in [0.15, 0.2) is 12.3 Å². The van der Waals surface area contributed by atoms with E-state index >= 15 is 0 Å². The molecule has 2 heterocycles. The van der Waals surface area contributed by atoms with Crippen molar-refractivity contribution in [3.8, 4) is 0 Å². The second-order valence-corrected chi connectivity index (χ2v) is 5.63. The van der Waals surface area contributed by atoms with E-state index in [1.807, 2.05) is 13.2 Å². The maximum absolute atomic E-state index is 4.43. The van der Waals surface area contributed by atoms with E-state index < -0.39 is 0 Å². The van der Waals surface area contributed by atoms with Gasteiger partial charge in [0.1, 0.15) is 0 Å². The van der Waals surface area contributed by atoms with Crippen LogP contribution in [0.2, 0.25) is 0 Å². The monoisotopic (exact) mass is 247 g/mol. The number of aryl methyl sites for hydroxylation is 1. The molecule has 3 nitrogen and oxygen atoms in total. The Balaban J connectivity index is 2.33. The van der Waals surface area contributed by atoms with Gasteiger partial charge in [0.05, 0.1) is 0 Å². The molecular weight excluding hydrogens is 222 g/mol. The van der Waals surface area contributed by atoms with Gasteiger partial charge >= 0.3 is 0 Å². The quantitative estimate of drug-likeness (QED) is 0.886. The lowest BCUT2D eigenvalue weighted by Crippen LogP contribution is -2.34. The van der Waals surface area contributed by atoms with Crippen molar-refractivity contribution in [1.82, 2.24) is 10.3 Å². The smallest absolute Gasteiger partial charge is 0.0448 e. The minimum atomic E-state index is 0.683. The highest BCUT2D eigenvalue weighted by molar-refractivity contribution is 5.55. The third-order valence-corrected chi connectivity index (χ3v) is 3.84. The van der Waals surface area contributed by atoms with Gasteiger partial charge in [0.2, 0.25) is 0 Å². The Hall–Kier alpha value is -1.09. The fraction of sp³-hybridized carbons (Fsp3) is 0.667. The van der Waals surface area contributed by atoms with Gasteiger partial charge < -0.3 is 10.2 Å². The lowest BCUT2D eigenvalue weighted by molar-refractivity contribution is 0.491. The third kappa shape index (κ3) is 2.66. The van der Waals surface area contributed by atoms with Crippen LogP contribution in [0.4, 0.5) is 5.69 Å². The van der Waals surface area contributed by atoms with Crippen molar-refractivity contribution in [1.29, 1.82) is 0 Å². The van der Waals surface area contributed by atoms with E-state index in [4.69, 9.17) is 0 Å². The van der Waals surface area contributed by atoms with Crippen LogP contribution in [0.25, 0.3) is 0 Å². The summed E-state index contributed by atoms with van der Waals surface area (Å²) >= 11 is 0. The van der Waals surface area contributed by atoms with Gasteiger partial charge in [0, 0.05) is 42.3 Å². The Morgan fingerprint density at radius 1 is 1.50 bits per heavy atom. The molecular formula is C15H25N3. The number of nitrogens with zero attached hydrogens (tertiary/aromatic N) is 2.